The summed E-state index contributed by atoms with van der Waals surface area (Å²) in [6.07, 6.45) is 3.81. The molecular weight excluding hydrogens is 398 g/mol. The Morgan fingerprint density at radius 2 is 1.56 bits per heavy atom. The molecular formula is C27H25N3O2. The number of fused-ring (bicyclic) bond motifs is 1. The summed E-state index contributed by atoms with van der Waals surface area (Å²) >= 11 is 0. The van der Waals surface area contributed by atoms with Crippen molar-refractivity contribution in [1.29, 1.82) is 0 Å². The summed E-state index contributed by atoms with van der Waals surface area (Å²) in [6.45, 7) is 1.40. The minimum atomic E-state index is 0.0457. The highest BCUT2D eigenvalue weighted by molar-refractivity contribution is 5.85. The summed E-state index contributed by atoms with van der Waals surface area (Å²) in [6, 6.07) is 26.5. The summed E-state index contributed by atoms with van der Waals surface area (Å²) in [4.78, 5) is 14.8. The van der Waals surface area contributed by atoms with Crippen LogP contribution in [0.2, 0.25) is 0 Å². The maximum Gasteiger partial charge on any atom is 0.241 e. The lowest BCUT2D eigenvalue weighted by Gasteiger charge is -2.32. The molecule has 32 heavy (non-hydrogen) atoms. The number of nitrogens with zero attached hydrogens (tertiary/aromatic N) is 3. The number of benzene rings is 3. The van der Waals surface area contributed by atoms with E-state index in [1.54, 1.807) is 6.20 Å². The van der Waals surface area contributed by atoms with Gasteiger partial charge in [0, 0.05) is 36.7 Å². The van der Waals surface area contributed by atoms with Crippen molar-refractivity contribution in [3.05, 3.63) is 90.6 Å². The molecule has 5 nitrogen and oxygen atoms in total. The Morgan fingerprint density at radius 1 is 0.875 bits per heavy atom. The molecule has 0 aliphatic carbocycles. The van der Waals surface area contributed by atoms with Gasteiger partial charge in [0.1, 0.15) is 6.10 Å². The Balaban J connectivity index is 1.16. The zero-order valence-electron chi connectivity index (χ0n) is 17.9. The second-order valence-corrected chi connectivity index (χ2v) is 8.17. The van der Waals surface area contributed by atoms with Crippen LogP contribution < -0.4 is 4.74 Å². The fourth-order valence-corrected chi connectivity index (χ4v) is 4.20. The van der Waals surface area contributed by atoms with E-state index < -0.39 is 0 Å². The molecule has 0 atom stereocenters. The topological polar surface area (TPSA) is 55.3 Å². The molecule has 1 amide bonds. The van der Waals surface area contributed by atoms with Crippen LogP contribution in [0, 0.1) is 0 Å². The molecule has 1 aliphatic heterocycles. The highest BCUT2D eigenvalue weighted by Gasteiger charge is 2.24. The summed E-state index contributed by atoms with van der Waals surface area (Å²) in [5.74, 6) is 0.743. The smallest absolute Gasteiger partial charge is 0.241 e. The second-order valence-electron chi connectivity index (χ2n) is 8.17. The first kappa shape index (κ1) is 20.2. The normalized spacial score (nSPS) is 14.4. The lowest BCUT2D eigenvalue weighted by molar-refractivity contribution is -0.132. The summed E-state index contributed by atoms with van der Waals surface area (Å²) < 4.78 is 6.16. The predicted molar refractivity (Wildman–Crippen MR) is 125 cm³/mol. The van der Waals surface area contributed by atoms with E-state index in [4.69, 9.17) is 4.74 Å². The quantitative estimate of drug-likeness (QED) is 0.458. The zero-order chi connectivity index (χ0) is 21.8. The van der Waals surface area contributed by atoms with E-state index in [0.717, 1.165) is 34.7 Å². The van der Waals surface area contributed by atoms with Crippen LogP contribution in [0.5, 0.6) is 5.88 Å². The maximum atomic E-state index is 12.8. The number of aromatic nitrogens is 2. The first-order chi connectivity index (χ1) is 15.8. The van der Waals surface area contributed by atoms with Gasteiger partial charge in [-0.1, -0.05) is 72.8 Å². The van der Waals surface area contributed by atoms with Crippen molar-refractivity contribution < 1.29 is 9.53 Å². The van der Waals surface area contributed by atoms with Crippen LogP contribution in [-0.2, 0) is 11.2 Å². The largest absolute Gasteiger partial charge is 0.473 e. The SMILES string of the molecule is O=C(Cc1ccc(-c2ccccc2)cc1)N1CCC(Oc2nncc3ccccc23)CC1. The molecule has 1 saturated heterocycles. The van der Waals surface area contributed by atoms with Gasteiger partial charge in [0.25, 0.3) is 0 Å². The number of likely N-dealkylation sites (tertiary alicyclic amines) is 1. The fourth-order valence-electron chi connectivity index (χ4n) is 4.20. The molecule has 0 unspecified atom stereocenters. The molecule has 1 aromatic heterocycles. The van der Waals surface area contributed by atoms with Crippen molar-refractivity contribution >= 4 is 16.7 Å². The maximum absolute atomic E-state index is 12.8. The van der Waals surface area contributed by atoms with Crippen molar-refractivity contribution in [3.63, 3.8) is 0 Å². The van der Waals surface area contributed by atoms with Gasteiger partial charge >= 0.3 is 0 Å². The first-order valence-electron chi connectivity index (χ1n) is 11.1. The molecule has 160 valence electrons. The Labute approximate surface area is 187 Å². The molecule has 0 spiro atoms. The average molecular weight is 424 g/mol. The van der Waals surface area contributed by atoms with Crippen molar-refractivity contribution in [3.8, 4) is 17.0 Å². The number of carbonyl (C=O) groups is 1. The fraction of sp³-hybridized carbons (Fsp3) is 0.222. The summed E-state index contributed by atoms with van der Waals surface area (Å²) in [7, 11) is 0. The van der Waals surface area contributed by atoms with E-state index in [2.05, 4.69) is 46.6 Å². The molecule has 0 bridgehead atoms. The third kappa shape index (κ3) is 4.47. The number of hydrogen-bond acceptors (Lipinski definition) is 4. The Morgan fingerprint density at radius 3 is 2.34 bits per heavy atom. The molecule has 0 saturated carbocycles. The molecule has 3 aromatic carbocycles. The van der Waals surface area contributed by atoms with Gasteiger partial charge in [0.2, 0.25) is 11.8 Å². The standard InChI is InChI=1S/C27H25N3O2/c31-26(18-20-10-12-22(13-11-20)21-6-2-1-3-7-21)30-16-14-24(15-17-30)32-27-25-9-5-4-8-23(25)19-28-29-27/h1-13,19,24H,14-18H2. The van der Waals surface area contributed by atoms with E-state index >= 15 is 0 Å². The van der Waals surface area contributed by atoms with E-state index in [9.17, 15) is 4.79 Å². The summed E-state index contributed by atoms with van der Waals surface area (Å²) in [5.41, 5.74) is 3.39. The van der Waals surface area contributed by atoms with E-state index in [0.29, 0.717) is 25.4 Å². The van der Waals surface area contributed by atoms with Gasteiger partial charge in [-0.05, 0) is 22.8 Å². The van der Waals surface area contributed by atoms with Gasteiger partial charge in [0.05, 0.1) is 12.6 Å². The number of rotatable bonds is 5. The van der Waals surface area contributed by atoms with Crippen molar-refractivity contribution in [2.45, 2.75) is 25.4 Å². The van der Waals surface area contributed by atoms with Gasteiger partial charge < -0.3 is 9.64 Å². The minimum absolute atomic E-state index is 0.0457. The third-order valence-corrected chi connectivity index (χ3v) is 6.03. The molecule has 5 rings (SSSR count). The van der Waals surface area contributed by atoms with Crippen LogP contribution in [0.1, 0.15) is 18.4 Å². The number of piperidine rings is 1. The Kier molecular flexibility index (Phi) is 5.79. The zero-order valence-corrected chi connectivity index (χ0v) is 17.9. The number of amides is 1. The molecule has 5 heteroatoms. The van der Waals surface area contributed by atoms with Gasteiger partial charge in [-0.25, -0.2) is 0 Å². The lowest BCUT2D eigenvalue weighted by atomic mass is 10.0. The van der Waals surface area contributed by atoms with Crippen molar-refractivity contribution in [2.24, 2.45) is 0 Å². The molecule has 0 radical (unpaired) electrons. The average Bonchev–Trinajstić information content (AvgIpc) is 2.86. The van der Waals surface area contributed by atoms with Gasteiger partial charge in [0.15, 0.2) is 0 Å². The minimum Gasteiger partial charge on any atom is -0.473 e. The number of ether oxygens (including phenoxy) is 1. The van der Waals surface area contributed by atoms with Crippen LogP contribution in [0.3, 0.4) is 0 Å². The van der Waals surface area contributed by atoms with Crippen LogP contribution in [0.4, 0.5) is 0 Å². The molecule has 2 heterocycles. The van der Waals surface area contributed by atoms with Crippen LogP contribution in [-0.4, -0.2) is 40.2 Å². The molecule has 4 aromatic rings. The number of carbonyl (C=O) groups excluding carboxylic acids is 1. The van der Waals surface area contributed by atoms with Crippen LogP contribution in [0.15, 0.2) is 85.1 Å². The highest BCUT2D eigenvalue weighted by atomic mass is 16.5. The molecule has 0 N–H and O–H groups in total. The Hall–Kier alpha value is -3.73. The monoisotopic (exact) mass is 423 g/mol. The highest BCUT2D eigenvalue weighted by Crippen LogP contribution is 2.25. The second kappa shape index (κ2) is 9.18. The lowest BCUT2D eigenvalue weighted by Crippen LogP contribution is -2.42. The van der Waals surface area contributed by atoms with E-state index in [1.807, 2.05) is 47.4 Å². The molecule has 1 aliphatic rings. The third-order valence-electron chi connectivity index (χ3n) is 6.03. The van der Waals surface area contributed by atoms with Gasteiger partial charge in [-0.15, -0.1) is 5.10 Å². The summed E-state index contributed by atoms with van der Waals surface area (Å²) in [5, 5.41) is 10.2. The van der Waals surface area contributed by atoms with Crippen molar-refractivity contribution in [1.82, 2.24) is 15.1 Å². The predicted octanol–water partition coefficient (Wildman–Crippen LogP) is 4.91. The van der Waals surface area contributed by atoms with Gasteiger partial charge in [-0.2, -0.15) is 5.10 Å². The first-order valence-corrected chi connectivity index (χ1v) is 11.1. The van der Waals surface area contributed by atoms with E-state index in [1.165, 1.54) is 5.56 Å². The van der Waals surface area contributed by atoms with E-state index in [-0.39, 0.29) is 12.0 Å². The van der Waals surface area contributed by atoms with Crippen LogP contribution in [0.25, 0.3) is 21.9 Å². The number of hydrogen-bond donors (Lipinski definition) is 0. The van der Waals surface area contributed by atoms with Gasteiger partial charge in [-0.3, -0.25) is 4.79 Å². The van der Waals surface area contributed by atoms with Crippen LogP contribution >= 0.6 is 0 Å². The Bertz CT molecular complexity index is 1200. The van der Waals surface area contributed by atoms with Crippen molar-refractivity contribution in [2.75, 3.05) is 13.1 Å². The molecule has 1 fully saturated rings.